The molecule has 0 atom stereocenters. The predicted octanol–water partition coefficient (Wildman–Crippen LogP) is 3.06. The van der Waals surface area contributed by atoms with Crippen molar-refractivity contribution >= 4 is 17.6 Å². The second-order valence-corrected chi connectivity index (χ2v) is 4.75. The molecule has 1 rings (SSSR count). The number of ether oxygens (including phenoxy) is 1. The van der Waals surface area contributed by atoms with E-state index in [2.05, 4.69) is 9.97 Å². The van der Waals surface area contributed by atoms with Gasteiger partial charge in [0.1, 0.15) is 11.0 Å². The molecule has 18 heavy (non-hydrogen) atoms. The van der Waals surface area contributed by atoms with Gasteiger partial charge in [-0.3, -0.25) is 4.79 Å². The van der Waals surface area contributed by atoms with Crippen LogP contribution in [0.1, 0.15) is 50.2 Å². The summed E-state index contributed by atoms with van der Waals surface area (Å²) >= 11 is 6.14. The highest BCUT2D eigenvalue weighted by Gasteiger charge is 2.13. The van der Waals surface area contributed by atoms with E-state index in [0.29, 0.717) is 24.6 Å². The number of aryl methyl sites for hydroxylation is 1. The van der Waals surface area contributed by atoms with Gasteiger partial charge in [0.25, 0.3) is 0 Å². The lowest BCUT2D eigenvalue weighted by molar-refractivity contribution is -0.143. The Bertz CT molecular complexity index is 410. The zero-order chi connectivity index (χ0) is 13.7. The molecular weight excluding hydrogens is 252 g/mol. The SMILES string of the molecule is CCOC(=O)CCc1c(C)nc(C(C)C)nc1Cl. The molecule has 4 nitrogen and oxygen atoms in total. The van der Waals surface area contributed by atoms with E-state index in [-0.39, 0.29) is 11.9 Å². The average molecular weight is 271 g/mol. The Labute approximate surface area is 113 Å². The van der Waals surface area contributed by atoms with E-state index in [1.54, 1.807) is 6.92 Å². The Morgan fingerprint density at radius 2 is 2.06 bits per heavy atom. The zero-order valence-electron chi connectivity index (χ0n) is 11.3. The number of halogens is 1. The molecule has 0 fully saturated rings. The van der Waals surface area contributed by atoms with Gasteiger partial charge in [-0.15, -0.1) is 0 Å². The number of hydrogen-bond acceptors (Lipinski definition) is 4. The van der Waals surface area contributed by atoms with Gasteiger partial charge in [-0.05, 0) is 20.3 Å². The average Bonchev–Trinajstić information content (AvgIpc) is 2.27. The summed E-state index contributed by atoms with van der Waals surface area (Å²) in [6, 6.07) is 0. The lowest BCUT2D eigenvalue weighted by Gasteiger charge is -2.11. The molecule has 1 aromatic rings. The summed E-state index contributed by atoms with van der Waals surface area (Å²) in [7, 11) is 0. The summed E-state index contributed by atoms with van der Waals surface area (Å²) in [6.45, 7) is 8.11. The summed E-state index contributed by atoms with van der Waals surface area (Å²) in [5, 5.41) is 0.440. The van der Waals surface area contributed by atoms with Crippen molar-refractivity contribution in [2.45, 2.75) is 46.5 Å². The fraction of sp³-hybridized carbons (Fsp3) is 0.615. The summed E-state index contributed by atoms with van der Waals surface area (Å²) < 4.78 is 4.88. The first-order chi connectivity index (χ1) is 8.45. The molecular formula is C13H19ClN2O2. The molecule has 0 radical (unpaired) electrons. The molecule has 0 spiro atoms. The van der Waals surface area contributed by atoms with E-state index in [9.17, 15) is 4.79 Å². The summed E-state index contributed by atoms with van der Waals surface area (Å²) in [6.07, 6.45) is 0.820. The minimum absolute atomic E-state index is 0.221. The molecule has 100 valence electrons. The molecule has 0 saturated carbocycles. The smallest absolute Gasteiger partial charge is 0.306 e. The van der Waals surface area contributed by atoms with Crippen molar-refractivity contribution in [3.8, 4) is 0 Å². The molecule has 1 heterocycles. The zero-order valence-corrected chi connectivity index (χ0v) is 12.0. The molecule has 0 saturated heterocycles. The van der Waals surface area contributed by atoms with Gasteiger partial charge in [-0.1, -0.05) is 25.4 Å². The van der Waals surface area contributed by atoms with Crippen molar-refractivity contribution in [1.82, 2.24) is 9.97 Å². The summed E-state index contributed by atoms with van der Waals surface area (Å²) in [5.41, 5.74) is 1.66. The van der Waals surface area contributed by atoms with Crippen LogP contribution in [0.4, 0.5) is 0 Å². The van der Waals surface area contributed by atoms with Crippen molar-refractivity contribution in [3.05, 3.63) is 22.2 Å². The van der Waals surface area contributed by atoms with Gasteiger partial charge in [0.05, 0.1) is 6.61 Å². The highest BCUT2D eigenvalue weighted by Crippen LogP contribution is 2.21. The van der Waals surface area contributed by atoms with E-state index in [4.69, 9.17) is 16.3 Å². The third kappa shape index (κ3) is 3.95. The van der Waals surface area contributed by atoms with Crippen molar-refractivity contribution in [3.63, 3.8) is 0 Å². The van der Waals surface area contributed by atoms with Gasteiger partial charge < -0.3 is 4.74 Å². The lowest BCUT2D eigenvalue weighted by atomic mass is 10.1. The van der Waals surface area contributed by atoms with Crippen molar-refractivity contribution < 1.29 is 9.53 Å². The molecule has 5 heteroatoms. The maximum Gasteiger partial charge on any atom is 0.306 e. The topological polar surface area (TPSA) is 52.1 Å². The number of carbonyl (C=O) groups excluding carboxylic acids is 1. The fourth-order valence-electron chi connectivity index (χ4n) is 1.58. The van der Waals surface area contributed by atoms with Gasteiger partial charge in [0.2, 0.25) is 0 Å². The molecule has 0 aromatic carbocycles. The van der Waals surface area contributed by atoms with Crippen LogP contribution in [-0.2, 0) is 16.0 Å². The van der Waals surface area contributed by atoms with Crippen molar-refractivity contribution in [2.24, 2.45) is 0 Å². The van der Waals surface area contributed by atoms with Gasteiger partial charge in [-0.25, -0.2) is 9.97 Å². The number of rotatable bonds is 5. The molecule has 0 N–H and O–H groups in total. The summed E-state index contributed by atoms with van der Waals surface area (Å²) in [5.74, 6) is 0.749. The molecule has 0 bridgehead atoms. The molecule has 0 amide bonds. The monoisotopic (exact) mass is 270 g/mol. The van der Waals surface area contributed by atoms with Gasteiger partial charge in [-0.2, -0.15) is 0 Å². The van der Waals surface area contributed by atoms with Gasteiger partial charge >= 0.3 is 5.97 Å². The Hall–Kier alpha value is -1.16. The number of carbonyl (C=O) groups is 1. The Kier molecular flexibility index (Phi) is 5.54. The van der Waals surface area contributed by atoms with E-state index in [1.165, 1.54) is 0 Å². The van der Waals surface area contributed by atoms with Crippen LogP contribution in [0.15, 0.2) is 0 Å². The first kappa shape index (κ1) is 14.9. The summed E-state index contributed by atoms with van der Waals surface area (Å²) in [4.78, 5) is 20.0. The molecule has 0 aliphatic heterocycles. The Morgan fingerprint density at radius 3 is 2.56 bits per heavy atom. The largest absolute Gasteiger partial charge is 0.466 e. The normalized spacial score (nSPS) is 10.8. The first-order valence-electron chi connectivity index (χ1n) is 6.14. The predicted molar refractivity (Wildman–Crippen MR) is 70.8 cm³/mol. The minimum Gasteiger partial charge on any atom is -0.466 e. The van der Waals surface area contributed by atoms with E-state index in [1.807, 2.05) is 20.8 Å². The molecule has 1 aromatic heterocycles. The van der Waals surface area contributed by atoms with Crippen LogP contribution in [0.2, 0.25) is 5.15 Å². The molecule has 0 aliphatic carbocycles. The number of hydrogen-bond donors (Lipinski definition) is 0. The lowest BCUT2D eigenvalue weighted by Crippen LogP contribution is -2.09. The second-order valence-electron chi connectivity index (χ2n) is 4.40. The van der Waals surface area contributed by atoms with Crippen LogP contribution in [0, 0.1) is 6.92 Å². The standard InChI is InChI=1S/C13H19ClN2O2/c1-5-18-11(17)7-6-10-9(4)15-13(8(2)3)16-12(10)14/h8H,5-7H2,1-4H3. The Morgan fingerprint density at radius 1 is 1.39 bits per heavy atom. The number of nitrogens with zero attached hydrogens (tertiary/aromatic N) is 2. The van der Waals surface area contributed by atoms with E-state index >= 15 is 0 Å². The van der Waals surface area contributed by atoms with Crippen LogP contribution >= 0.6 is 11.6 Å². The third-order valence-corrected chi connectivity index (χ3v) is 2.89. The highest BCUT2D eigenvalue weighted by atomic mass is 35.5. The van der Waals surface area contributed by atoms with Crippen LogP contribution in [0.5, 0.6) is 0 Å². The van der Waals surface area contributed by atoms with Gasteiger partial charge in [0.15, 0.2) is 0 Å². The second kappa shape index (κ2) is 6.69. The number of aromatic nitrogens is 2. The van der Waals surface area contributed by atoms with Crippen LogP contribution < -0.4 is 0 Å². The first-order valence-corrected chi connectivity index (χ1v) is 6.52. The van der Waals surface area contributed by atoms with Crippen LogP contribution in [0.25, 0.3) is 0 Å². The minimum atomic E-state index is -0.221. The Balaban J connectivity index is 2.81. The van der Waals surface area contributed by atoms with E-state index < -0.39 is 0 Å². The van der Waals surface area contributed by atoms with Crippen LogP contribution in [-0.4, -0.2) is 22.5 Å². The highest BCUT2D eigenvalue weighted by molar-refractivity contribution is 6.30. The fourth-order valence-corrected chi connectivity index (χ4v) is 1.90. The van der Waals surface area contributed by atoms with Crippen molar-refractivity contribution in [2.75, 3.05) is 6.61 Å². The number of esters is 1. The van der Waals surface area contributed by atoms with Crippen LogP contribution in [0.3, 0.4) is 0 Å². The quantitative estimate of drug-likeness (QED) is 0.609. The van der Waals surface area contributed by atoms with Crippen molar-refractivity contribution in [1.29, 1.82) is 0 Å². The van der Waals surface area contributed by atoms with Gasteiger partial charge in [0, 0.05) is 23.6 Å². The maximum atomic E-state index is 11.3. The molecule has 0 unspecified atom stereocenters. The van der Waals surface area contributed by atoms with E-state index in [0.717, 1.165) is 17.1 Å². The maximum absolute atomic E-state index is 11.3. The molecule has 0 aliphatic rings. The third-order valence-electron chi connectivity index (χ3n) is 2.58.